The van der Waals surface area contributed by atoms with Gasteiger partial charge in [0.1, 0.15) is 12.1 Å². The zero-order chi connectivity index (χ0) is 27.4. The summed E-state index contributed by atoms with van der Waals surface area (Å²) in [7, 11) is 1.16. The molecule has 2 unspecified atom stereocenters. The fourth-order valence-electron chi connectivity index (χ4n) is 3.36. The second-order valence-electron chi connectivity index (χ2n) is 9.61. The monoisotopic (exact) mass is 509 g/mol. The van der Waals surface area contributed by atoms with Crippen molar-refractivity contribution in [1.82, 2.24) is 0 Å². The summed E-state index contributed by atoms with van der Waals surface area (Å²) in [6.07, 6.45) is 0.00803. The Morgan fingerprint density at radius 2 is 1.42 bits per heavy atom. The quantitative estimate of drug-likeness (QED) is 0.272. The summed E-state index contributed by atoms with van der Waals surface area (Å²) in [6.45, 7) is 9.51. The van der Waals surface area contributed by atoms with E-state index in [1.807, 2.05) is 27.7 Å². The Morgan fingerprint density at radius 1 is 0.889 bits per heavy atom. The number of hydrogen-bond acceptors (Lipinski definition) is 9. The molecule has 0 heterocycles. The predicted molar refractivity (Wildman–Crippen MR) is 132 cm³/mol. The first-order chi connectivity index (χ1) is 16.8. The lowest BCUT2D eigenvalue weighted by molar-refractivity contribution is -0.139. The first-order valence-electron chi connectivity index (χ1n) is 12.1. The summed E-state index contributed by atoms with van der Waals surface area (Å²) in [5.74, 6) is -2.44. The first-order valence-corrected chi connectivity index (χ1v) is 12.1. The van der Waals surface area contributed by atoms with Crippen LogP contribution in [0.4, 0.5) is 4.79 Å². The number of hydrogen-bond donors (Lipinski definition) is 2. The van der Waals surface area contributed by atoms with Crippen LogP contribution in [0.3, 0.4) is 0 Å². The third-order valence-electron chi connectivity index (χ3n) is 5.46. The molecule has 0 radical (unpaired) electrons. The van der Waals surface area contributed by atoms with Crippen LogP contribution in [0.15, 0.2) is 18.2 Å². The second kappa shape index (κ2) is 15.1. The molecule has 202 valence electrons. The van der Waals surface area contributed by atoms with Gasteiger partial charge in [-0.15, -0.1) is 0 Å². The van der Waals surface area contributed by atoms with Crippen molar-refractivity contribution >= 4 is 24.1 Å². The van der Waals surface area contributed by atoms with Gasteiger partial charge in [0.25, 0.3) is 0 Å². The number of rotatable bonds is 14. The molecule has 3 atom stereocenters. The standard InChI is InChI=1S/C26H39NO9/c1-15(2)7-11-22(28)35-20-10-9-18(14-21(20)36-23(29)12-8-16(3)4)19(24(27)25(30)31)13-17(5)34-26(32)33-6/h9-10,14-17,19,24H,7-8,11-13,27H2,1-6H3,(H,30,31)/t17?,19?,24-/m0/s1. The molecular formula is C26H39NO9. The van der Waals surface area contributed by atoms with Crippen LogP contribution in [0.5, 0.6) is 11.5 Å². The van der Waals surface area contributed by atoms with Gasteiger partial charge in [-0.25, -0.2) is 4.79 Å². The molecule has 3 N–H and O–H groups in total. The second-order valence-corrected chi connectivity index (χ2v) is 9.61. The van der Waals surface area contributed by atoms with Gasteiger partial charge in [0, 0.05) is 18.8 Å². The van der Waals surface area contributed by atoms with E-state index < -0.39 is 42.1 Å². The number of methoxy groups -OCH3 is 1. The van der Waals surface area contributed by atoms with Crippen molar-refractivity contribution in [2.75, 3.05) is 7.11 Å². The molecule has 0 spiro atoms. The van der Waals surface area contributed by atoms with Crippen molar-refractivity contribution in [3.05, 3.63) is 23.8 Å². The maximum Gasteiger partial charge on any atom is 0.508 e. The number of carbonyl (C=O) groups excluding carboxylic acids is 3. The molecule has 1 rings (SSSR count). The minimum absolute atomic E-state index is 0.0109. The maximum absolute atomic E-state index is 12.5. The van der Waals surface area contributed by atoms with E-state index in [2.05, 4.69) is 4.74 Å². The highest BCUT2D eigenvalue weighted by Crippen LogP contribution is 2.35. The van der Waals surface area contributed by atoms with Crippen molar-refractivity contribution in [3.63, 3.8) is 0 Å². The van der Waals surface area contributed by atoms with Crippen LogP contribution in [-0.2, 0) is 23.9 Å². The number of esters is 2. The minimum Gasteiger partial charge on any atom is -0.480 e. The average Bonchev–Trinajstić information content (AvgIpc) is 2.80. The topological polar surface area (TPSA) is 151 Å². The molecule has 0 aliphatic rings. The van der Waals surface area contributed by atoms with Gasteiger partial charge in [-0.2, -0.15) is 0 Å². The highest BCUT2D eigenvalue weighted by Gasteiger charge is 2.30. The minimum atomic E-state index is -1.35. The molecule has 10 nitrogen and oxygen atoms in total. The third-order valence-corrected chi connectivity index (χ3v) is 5.46. The number of nitrogens with two attached hydrogens (primary N) is 1. The van der Waals surface area contributed by atoms with Gasteiger partial charge >= 0.3 is 24.1 Å². The SMILES string of the molecule is COC(=O)OC(C)CC(c1ccc(OC(=O)CCC(C)C)c(OC(=O)CCC(C)C)c1)[C@H](N)C(=O)O. The van der Waals surface area contributed by atoms with Crippen LogP contribution < -0.4 is 15.2 Å². The Balaban J connectivity index is 3.31. The average molecular weight is 510 g/mol. The molecule has 36 heavy (non-hydrogen) atoms. The van der Waals surface area contributed by atoms with E-state index in [0.717, 1.165) is 7.11 Å². The summed E-state index contributed by atoms with van der Waals surface area (Å²) < 4.78 is 20.6. The van der Waals surface area contributed by atoms with Crippen LogP contribution >= 0.6 is 0 Å². The van der Waals surface area contributed by atoms with Crippen LogP contribution in [0, 0.1) is 11.8 Å². The van der Waals surface area contributed by atoms with Crippen LogP contribution in [0.25, 0.3) is 0 Å². The summed E-state index contributed by atoms with van der Waals surface area (Å²) in [6, 6.07) is 3.09. The lowest BCUT2D eigenvalue weighted by Gasteiger charge is -2.25. The Labute approximate surface area is 212 Å². The maximum atomic E-state index is 12.5. The van der Waals surface area contributed by atoms with Crippen molar-refractivity contribution in [2.24, 2.45) is 17.6 Å². The van der Waals surface area contributed by atoms with Gasteiger partial charge in [-0.3, -0.25) is 14.4 Å². The molecule has 0 aromatic heterocycles. The summed E-state index contributed by atoms with van der Waals surface area (Å²) in [4.78, 5) is 48.0. The highest BCUT2D eigenvalue weighted by atomic mass is 16.7. The molecule has 0 aliphatic heterocycles. The van der Waals surface area contributed by atoms with Gasteiger partial charge in [-0.1, -0.05) is 33.8 Å². The number of carbonyl (C=O) groups is 4. The van der Waals surface area contributed by atoms with Gasteiger partial charge < -0.3 is 29.8 Å². The zero-order valence-electron chi connectivity index (χ0n) is 21.9. The van der Waals surface area contributed by atoms with E-state index in [4.69, 9.17) is 19.9 Å². The van der Waals surface area contributed by atoms with Crippen molar-refractivity contribution < 1.29 is 43.2 Å². The summed E-state index contributed by atoms with van der Waals surface area (Å²) >= 11 is 0. The van der Waals surface area contributed by atoms with E-state index >= 15 is 0 Å². The Morgan fingerprint density at radius 3 is 1.89 bits per heavy atom. The molecule has 0 saturated heterocycles. The van der Waals surface area contributed by atoms with Crippen molar-refractivity contribution in [2.45, 2.75) is 84.8 Å². The van der Waals surface area contributed by atoms with Crippen LogP contribution in [-0.4, -0.2) is 48.4 Å². The lowest BCUT2D eigenvalue weighted by atomic mass is 9.87. The Kier molecular flexibility index (Phi) is 12.9. The molecule has 0 amide bonds. The van der Waals surface area contributed by atoms with E-state index in [1.165, 1.54) is 12.1 Å². The number of benzene rings is 1. The largest absolute Gasteiger partial charge is 0.508 e. The van der Waals surface area contributed by atoms with Gasteiger partial charge in [-0.05, 0) is 55.7 Å². The molecule has 0 aliphatic carbocycles. The fraction of sp³-hybridized carbons (Fsp3) is 0.615. The van der Waals surface area contributed by atoms with E-state index in [1.54, 1.807) is 13.0 Å². The smallest absolute Gasteiger partial charge is 0.480 e. The molecular weight excluding hydrogens is 470 g/mol. The molecule has 0 fully saturated rings. The zero-order valence-corrected chi connectivity index (χ0v) is 21.9. The number of ether oxygens (including phenoxy) is 4. The van der Waals surface area contributed by atoms with Crippen molar-refractivity contribution in [3.8, 4) is 11.5 Å². The molecule has 0 saturated carbocycles. The number of aliphatic carboxylic acids is 1. The van der Waals surface area contributed by atoms with E-state index in [-0.39, 0.29) is 36.7 Å². The summed E-state index contributed by atoms with van der Waals surface area (Å²) in [5, 5.41) is 9.56. The van der Waals surface area contributed by atoms with E-state index in [0.29, 0.717) is 24.3 Å². The van der Waals surface area contributed by atoms with Crippen LogP contribution in [0.1, 0.15) is 78.2 Å². The van der Waals surface area contributed by atoms with Crippen LogP contribution in [0.2, 0.25) is 0 Å². The predicted octanol–water partition coefficient (Wildman–Crippen LogP) is 4.43. The van der Waals surface area contributed by atoms with Gasteiger partial charge in [0.05, 0.1) is 7.11 Å². The number of carboxylic acid groups (broad SMARTS) is 1. The third kappa shape index (κ3) is 11.1. The Hall–Kier alpha value is -3.14. The molecule has 10 heteroatoms. The molecule has 0 bridgehead atoms. The van der Waals surface area contributed by atoms with Crippen molar-refractivity contribution in [1.29, 1.82) is 0 Å². The Bertz CT molecular complexity index is 897. The molecule has 1 aromatic rings. The highest BCUT2D eigenvalue weighted by molar-refractivity contribution is 5.77. The first kappa shape index (κ1) is 30.9. The fourth-order valence-corrected chi connectivity index (χ4v) is 3.36. The normalized spacial score (nSPS) is 13.6. The molecule has 1 aromatic carbocycles. The van der Waals surface area contributed by atoms with E-state index in [9.17, 15) is 24.3 Å². The lowest BCUT2D eigenvalue weighted by Crippen LogP contribution is -2.38. The van der Waals surface area contributed by atoms with Gasteiger partial charge in [0.15, 0.2) is 11.5 Å². The van der Waals surface area contributed by atoms with Gasteiger partial charge in [0.2, 0.25) is 0 Å². The number of carboxylic acids is 1. The summed E-state index contributed by atoms with van der Waals surface area (Å²) in [5.41, 5.74) is 6.37.